The number of nitrogens with one attached hydrogen (secondary N) is 1. The molecule has 0 atom stereocenters. The number of hydrogen-bond acceptors (Lipinski definition) is 4. The lowest BCUT2D eigenvalue weighted by atomic mass is 10.0. The Balaban J connectivity index is 2.08. The van der Waals surface area contributed by atoms with Gasteiger partial charge in [-0.15, -0.1) is 0 Å². The molecular weight excluding hydrogens is 240 g/mol. The highest BCUT2D eigenvalue weighted by Gasteiger charge is 2.21. The minimum atomic E-state index is 0.0974. The standard InChI is InChI=1S/C13H14N6/c14-12(15)10-3-1-2-9-8(10)4-5-11(9)18-19-7-6-17-13(19)16/h1-3,6-7H,4-5H2,(H3,14,15)(H2,16,17). The number of aromatic nitrogens is 2. The third-order valence-corrected chi connectivity index (χ3v) is 3.27. The molecule has 0 radical (unpaired) electrons. The number of nitrogens with zero attached hydrogens (tertiary/aromatic N) is 3. The third-order valence-electron chi connectivity index (χ3n) is 3.27. The first-order chi connectivity index (χ1) is 9.16. The molecule has 0 spiro atoms. The fraction of sp³-hybridized carbons (Fsp3) is 0.154. The normalized spacial score (nSPS) is 15.7. The highest BCUT2D eigenvalue weighted by Crippen LogP contribution is 2.26. The summed E-state index contributed by atoms with van der Waals surface area (Å²) >= 11 is 0. The van der Waals surface area contributed by atoms with Gasteiger partial charge in [-0.25, -0.2) is 9.66 Å². The molecular formula is C13H14N6. The SMILES string of the molecule is N=C(N)c1cccc2c1CCC2=Nn1ccnc1N. The first kappa shape index (κ1) is 11.5. The molecule has 1 aliphatic carbocycles. The van der Waals surface area contributed by atoms with E-state index in [2.05, 4.69) is 10.1 Å². The average Bonchev–Trinajstić information content (AvgIpc) is 2.97. The molecule has 0 fully saturated rings. The minimum absolute atomic E-state index is 0.0974. The van der Waals surface area contributed by atoms with Gasteiger partial charge in [0.2, 0.25) is 5.95 Å². The Morgan fingerprint density at radius 2 is 2.21 bits per heavy atom. The highest BCUT2D eigenvalue weighted by molar-refractivity contribution is 6.08. The molecule has 0 unspecified atom stereocenters. The maximum Gasteiger partial charge on any atom is 0.221 e. The van der Waals surface area contributed by atoms with E-state index in [0.717, 1.165) is 35.2 Å². The van der Waals surface area contributed by atoms with Gasteiger partial charge in [0, 0.05) is 17.3 Å². The van der Waals surface area contributed by atoms with Crippen molar-refractivity contribution in [2.75, 3.05) is 5.73 Å². The van der Waals surface area contributed by atoms with Crippen LogP contribution in [0.2, 0.25) is 0 Å². The van der Waals surface area contributed by atoms with Crippen LogP contribution in [0.1, 0.15) is 23.1 Å². The molecule has 5 N–H and O–H groups in total. The number of amidine groups is 1. The van der Waals surface area contributed by atoms with Crippen molar-refractivity contribution in [2.24, 2.45) is 10.8 Å². The maximum absolute atomic E-state index is 7.60. The van der Waals surface area contributed by atoms with Crippen LogP contribution in [-0.2, 0) is 6.42 Å². The zero-order valence-electron chi connectivity index (χ0n) is 10.3. The Morgan fingerprint density at radius 1 is 1.37 bits per heavy atom. The van der Waals surface area contributed by atoms with Crippen LogP contribution in [-0.4, -0.2) is 21.2 Å². The van der Waals surface area contributed by atoms with Crippen molar-refractivity contribution in [2.45, 2.75) is 12.8 Å². The number of anilines is 1. The van der Waals surface area contributed by atoms with Crippen molar-refractivity contribution >= 4 is 17.5 Å². The number of hydrogen-bond donors (Lipinski definition) is 3. The zero-order valence-corrected chi connectivity index (χ0v) is 10.3. The maximum atomic E-state index is 7.60. The lowest BCUT2D eigenvalue weighted by Crippen LogP contribution is -2.13. The van der Waals surface area contributed by atoms with Crippen LogP contribution in [0.25, 0.3) is 0 Å². The van der Waals surface area contributed by atoms with E-state index >= 15 is 0 Å². The summed E-state index contributed by atoms with van der Waals surface area (Å²) in [6.07, 6.45) is 4.99. The Morgan fingerprint density at radius 3 is 2.89 bits per heavy atom. The van der Waals surface area contributed by atoms with Crippen molar-refractivity contribution in [1.29, 1.82) is 5.41 Å². The molecule has 1 aromatic heterocycles. The molecule has 96 valence electrons. The summed E-state index contributed by atoms with van der Waals surface area (Å²) in [5.74, 6) is 0.462. The van der Waals surface area contributed by atoms with Crippen LogP contribution >= 0.6 is 0 Å². The quantitative estimate of drug-likeness (QED) is 0.548. The van der Waals surface area contributed by atoms with E-state index < -0.39 is 0 Å². The third kappa shape index (κ3) is 1.87. The zero-order chi connectivity index (χ0) is 13.4. The Hall–Kier alpha value is -2.63. The van der Waals surface area contributed by atoms with Gasteiger partial charge in [-0.3, -0.25) is 5.41 Å². The summed E-state index contributed by atoms with van der Waals surface area (Å²) in [4.78, 5) is 3.94. The van der Waals surface area contributed by atoms with Gasteiger partial charge in [-0.1, -0.05) is 18.2 Å². The van der Waals surface area contributed by atoms with Crippen LogP contribution in [0.15, 0.2) is 35.7 Å². The first-order valence-corrected chi connectivity index (χ1v) is 6.00. The van der Waals surface area contributed by atoms with E-state index in [0.29, 0.717) is 5.95 Å². The Bertz CT molecular complexity index is 682. The van der Waals surface area contributed by atoms with Gasteiger partial charge in [-0.05, 0) is 18.4 Å². The van der Waals surface area contributed by atoms with Gasteiger partial charge < -0.3 is 11.5 Å². The number of nitrogen functional groups attached to an aromatic ring is 2. The first-order valence-electron chi connectivity index (χ1n) is 6.00. The summed E-state index contributed by atoms with van der Waals surface area (Å²) in [5, 5.41) is 12.1. The summed E-state index contributed by atoms with van der Waals surface area (Å²) in [6.45, 7) is 0. The van der Waals surface area contributed by atoms with Crippen molar-refractivity contribution in [1.82, 2.24) is 9.66 Å². The number of imidazole rings is 1. The molecule has 6 heteroatoms. The molecule has 19 heavy (non-hydrogen) atoms. The molecule has 0 saturated carbocycles. The predicted molar refractivity (Wildman–Crippen MR) is 74.4 cm³/mol. The van der Waals surface area contributed by atoms with E-state index in [9.17, 15) is 0 Å². The number of fused-ring (bicyclic) bond motifs is 1. The van der Waals surface area contributed by atoms with Crippen molar-refractivity contribution in [3.05, 3.63) is 47.3 Å². The van der Waals surface area contributed by atoms with E-state index in [-0.39, 0.29) is 5.84 Å². The second-order valence-corrected chi connectivity index (χ2v) is 4.42. The fourth-order valence-corrected chi connectivity index (χ4v) is 2.38. The van der Waals surface area contributed by atoms with E-state index in [4.69, 9.17) is 16.9 Å². The van der Waals surface area contributed by atoms with E-state index in [1.165, 1.54) is 0 Å². The highest BCUT2D eigenvalue weighted by atomic mass is 15.4. The van der Waals surface area contributed by atoms with Gasteiger partial charge >= 0.3 is 0 Å². The molecule has 0 saturated heterocycles. The molecule has 0 bridgehead atoms. The molecule has 0 amide bonds. The largest absolute Gasteiger partial charge is 0.384 e. The Kier molecular flexibility index (Phi) is 2.56. The fourth-order valence-electron chi connectivity index (χ4n) is 2.38. The van der Waals surface area contributed by atoms with Crippen molar-refractivity contribution in [3.63, 3.8) is 0 Å². The van der Waals surface area contributed by atoms with Gasteiger partial charge in [0.15, 0.2) is 0 Å². The van der Waals surface area contributed by atoms with Crippen molar-refractivity contribution in [3.8, 4) is 0 Å². The summed E-state index contributed by atoms with van der Waals surface area (Å²) in [6, 6.07) is 5.77. The summed E-state index contributed by atoms with van der Waals surface area (Å²) < 4.78 is 1.56. The lowest BCUT2D eigenvalue weighted by molar-refractivity contribution is 0.883. The number of benzene rings is 1. The monoisotopic (exact) mass is 254 g/mol. The smallest absolute Gasteiger partial charge is 0.221 e. The van der Waals surface area contributed by atoms with Crippen LogP contribution < -0.4 is 11.5 Å². The van der Waals surface area contributed by atoms with Gasteiger partial charge in [0.25, 0.3) is 0 Å². The van der Waals surface area contributed by atoms with Crippen molar-refractivity contribution < 1.29 is 0 Å². The summed E-state index contributed by atoms with van der Waals surface area (Å²) in [5.41, 5.74) is 15.2. The van der Waals surface area contributed by atoms with E-state index in [1.807, 2.05) is 18.2 Å². The van der Waals surface area contributed by atoms with Crippen LogP contribution in [0.5, 0.6) is 0 Å². The second-order valence-electron chi connectivity index (χ2n) is 4.42. The number of rotatable bonds is 2. The molecule has 3 rings (SSSR count). The van der Waals surface area contributed by atoms with E-state index in [1.54, 1.807) is 17.1 Å². The van der Waals surface area contributed by atoms with Gasteiger partial charge in [0.05, 0.1) is 11.9 Å². The van der Waals surface area contributed by atoms with Crippen LogP contribution in [0.3, 0.4) is 0 Å². The second kappa shape index (κ2) is 4.24. The van der Waals surface area contributed by atoms with Gasteiger partial charge in [0.1, 0.15) is 5.84 Å². The summed E-state index contributed by atoms with van der Waals surface area (Å²) in [7, 11) is 0. The van der Waals surface area contributed by atoms with Crippen LogP contribution in [0.4, 0.5) is 5.95 Å². The topological polar surface area (TPSA) is 106 Å². The molecule has 1 heterocycles. The molecule has 6 nitrogen and oxygen atoms in total. The molecule has 2 aromatic rings. The molecule has 0 aliphatic heterocycles. The molecule has 1 aromatic carbocycles. The average molecular weight is 254 g/mol. The minimum Gasteiger partial charge on any atom is -0.384 e. The number of nitrogens with two attached hydrogens (primary N) is 2. The lowest BCUT2D eigenvalue weighted by Gasteiger charge is -2.06. The van der Waals surface area contributed by atoms with Gasteiger partial charge in [-0.2, -0.15) is 5.10 Å². The van der Waals surface area contributed by atoms with Crippen LogP contribution in [0, 0.1) is 5.41 Å². The predicted octanol–water partition coefficient (Wildman–Crippen LogP) is 0.948. The molecule has 1 aliphatic rings. The Labute approximate surface area is 110 Å².